The minimum Gasteiger partial charge on any atom is -0.497 e. The Morgan fingerprint density at radius 1 is 1.10 bits per heavy atom. The monoisotopic (exact) mass is 580 g/mol. The lowest BCUT2D eigenvalue weighted by molar-refractivity contribution is -0.385. The summed E-state index contributed by atoms with van der Waals surface area (Å²) in [4.78, 5) is 26.2. The first-order chi connectivity index (χ1) is 19.5. The zero-order valence-corrected chi connectivity index (χ0v) is 24.6. The highest BCUT2D eigenvalue weighted by Gasteiger charge is 2.30. The van der Waals surface area contributed by atoms with Gasteiger partial charge in [0.2, 0.25) is 5.91 Å². The first-order valence-corrected chi connectivity index (χ1v) is 15.0. The largest absolute Gasteiger partial charge is 0.497 e. The topological polar surface area (TPSA) is 122 Å². The fourth-order valence-electron chi connectivity index (χ4n) is 4.88. The predicted octanol–water partition coefficient (Wildman–Crippen LogP) is 5.22. The van der Waals surface area contributed by atoms with Crippen LogP contribution in [0.4, 0.5) is 17.1 Å². The van der Waals surface area contributed by atoms with E-state index >= 15 is 0 Å². The van der Waals surface area contributed by atoms with Gasteiger partial charge in [-0.15, -0.1) is 0 Å². The van der Waals surface area contributed by atoms with Gasteiger partial charge >= 0.3 is 0 Å². The van der Waals surface area contributed by atoms with E-state index in [9.17, 15) is 23.3 Å². The normalized spacial score (nSPS) is 14.8. The van der Waals surface area contributed by atoms with Crippen molar-refractivity contribution in [3.63, 3.8) is 0 Å². The summed E-state index contributed by atoms with van der Waals surface area (Å²) in [6.45, 7) is 7.16. The molecule has 1 atom stereocenters. The maximum Gasteiger partial charge on any atom is 0.273 e. The van der Waals surface area contributed by atoms with Crippen molar-refractivity contribution in [1.29, 1.82) is 0 Å². The van der Waals surface area contributed by atoms with Gasteiger partial charge in [-0.1, -0.05) is 25.1 Å². The van der Waals surface area contributed by atoms with E-state index in [2.05, 4.69) is 17.1 Å². The zero-order valence-electron chi connectivity index (χ0n) is 23.7. The first-order valence-electron chi connectivity index (χ1n) is 13.6. The molecule has 41 heavy (non-hydrogen) atoms. The summed E-state index contributed by atoms with van der Waals surface area (Å²) < 4.78 is 33.7. The molecule has 0 radical (unpaired) electrons. The Bertz CT molecular complexity index is 1480. The van der Waals surface area contributed by atoms with Crippen LogP contribution >= 0.6 is 0 Å². The fraction of sp³-hybridized carbons (Fsp3) is 0.367. The lowest BCUT2D eigenvalue weighted by atomic mass is 9.98. The molecule has 3 aromatic carbocycles. The summed E-state index contributed by atoms with van der Waals surface area (Å²) in [7, 11) is -2.85. The molecule has 1 N–H and O–H groups in total. The second kappa shape index (κ2) is 12.6. The van der Waals surface area contributed by atoms with E-state index in [1.807, 2.05) is 31.2 Å². The number of sulfonamides is 1. The first kappa shape index (κ1) is 29.9. The maximum absolute atomic E-state index is 13.8. The van der Waals surface area contributed by atoms with E-state index in [1.54, 1.807) is 12.1 Å². The van der Waals surface area contributed by atoms with Crippen LogP contribution in [0.3, 0.4) is 0 Å². The highest BCUT2D eigenvalue weighted by atomic mass is 32.2. The number of benzene rings is 3. The smallest absolute Gasteiger partial charge is 0.273 e. The van der Waals surface area contributed by atoms with Gasteiger partial charge in [-0.2, -0.15) is 0 Å². The molecule has 0 spiro atoms. The highest BCUT2D eigenvalue weighted by molar-refractivity contribution is 7.92. The summed E-state index contributed by atoms with van der Waals surface area (Å²) in [5.74, 6) is 0.730. The lowest BCUT2D eigenvalue weighted by Crippen LogP contribution is -2.41. The van der Waals surface area contributed by atoms with Crippen LogP contribution in [0.15, 0.2) is 71.6 Å². The van der Waals surface area contributed by atoms with Crippen LogP contribution < -0.4 is 19.3 Å². The summed E-state index contributed by atoms with van der Waals surface area (Å²) in [6, 6.07) is 17.6. The third kappa shape index (κ3) is 6.97. The Morgan fingerprint density at radius 2 is 1.73 bits per heavy atom. The number of nitrogens with one attached hydrogen (secondary N) is 1. The van der Waals surface area contributed by atoms with Crippen molar-refractivity contribution in [3.8, 4) is 5.75 Å². The quantitative estimate of drug-likeness (QED) is 0.258. The molecule has 1 saturated heterocycles. The van der Waals surface area contributed by atoms with Gasteiger partial charge in [0.1, 0.15) is 12.3 Å². The van der Waals surface area contributed by atoms with Crippen molar-refractivity contribution in [2.75, 3.05) is 35.9 Å². The van der Waals surface area contributed by atoms with Crippen LogP contribution in [0.2, 0.25) is 0 Å². The minimum atomic E-state index is -4.34. The van der Waals surface area contributed by atoms with Gasteiger partial charge in [0.15, 0.2) is 0 Å². The van der Waals surface area contributed by atoms with Crippen LogP contribution in [-0.4, -0.2) is 46.0 Å². The number of methoxy groups -OCH3 is 1. The third-order valence-electron chi connectivity index (χ3n) is 7.53. The second-order valence-corrected chi connectivity index (χ2v) is 12.3. The maximum atomic E-state index is 13.8. The molecular weight excluding hydrogens is 544 g/mol. The van der Waals surface area contributed by atoms with Crippen molar-refractivity contribution in [2.45, 2.75) is 44.6 Å². The number of ether oxygens (including phenoxy) is 1. The molecule has 0 aromatic heterocycles. The number of nitro benzene ring substituents is 1. The summed E-state index contributed by atoms with van der Waals surface area (Å²) in [5, 5.41) is 14.4. The van der Waals surface area contributed by atoms with E-state index in [0.29, 0.717) is 11.3 Å². The molecule has 1 aliphatic heterocycles. The molecule has 10 nitrogen and oxygen atoms in total. The molecular formula is C30H36N4O6S. The van der Waals surface area contributed by atoms with Crippen LogP contribution in [0, 0.1) is 23.0 Å². The molecule has 0 saturated carbocycles. The molecule has 1 aliphatic rings. The number of aryl methyl sites for hydroxylation is 1. The van der Waals surface area contributed by atoms with Gasteiger partial charge in [0.25, 0.3) is 15.7 Å². The van der Waals surface area contributed by atoms with E-state index in [4.69, 9.17) is 4.74 Å². The molecule has 3 aromatic rings. The van der Waals surface area contributed by atoms with Crippen LogP contribution in [0.25, 0.3) is 0 Å². The Labute approximate surface area is 241 Å². The number of amides is 1. The molecule has 218 valence electrons. The summed E-state index contributed by atoms with van der Waals surface area (Å²) in [6.07, 6.45) is 2.33. The van der Waals surface area contributed by atoms with Crippen LogP contribution in [0.1, 0.15) is 43.9 Å². The number of carbonyl (C=O) groups excluding carboxylic acids is 1. The van der Waals surface area contributed by atoms with E-state index in [-0.39, 0.29) is 22.3 Å². The van der Waals surface area contributed by atoms with Crippen LogP contribution in [-0.2, 0) is 14.8 Å². The van der Waals surface area contributed by atoms with Crippen molar-refractivity contribution in [2.24, 2.45) is 5.92 Å². The van der Waals surface area contributed by atoms with Gasteiger partial charge in [-0.3, -0.25) is 19.2 Å². The molecule has 0 aliphatic carbocycles. The Kier molecular flexibility index (Phi) is 9.17. The number of hydrogen-bond acceptors (Lipinski definition) is 7. The third-order valence-corrected chi connectivity index (χ3v) is 9.30. The molecule has 1 unspecified atom stereocenters. The Balaban J connectivity index is 1.55. The average Bonchev–Trinajstić information content (AvgIpc) is 2.96. The number of hydrogen-bond donors (Lipinski definition) is 1. The molecule has 4 rings (SSSR count). The van der Waals surface area contributed by atoms with E-state index in [1.165, 1.54) is 38.3 Å². The van der Waals surface area contributed by atoms with Crippen molar-refractivity contribution >= 4 is 33.0 Å². The van der Waals surface area contributed by atoms with E-state index < -0.39 is 27.4 Å². The van der Waals surface area contributed by atoms with Crippen molar-refractivity contribution < 1.29 is 22.9 Å². The zero-order chi connectivity index (χ0) is 29.7. The van der Waals surface area contributed by atoms with Gasteiger partial charge in [-0.25, -0.2) is 8.42 Å². The molecule has 1 fully saturated rings. The number of carbonyl (C=O) groups is 1. The van der Waals surface area contributed by atoms with Gasteiger partial charge in [0, 0.05) is 30.4 Å². The van der Waals surface area contributed by atoms with E-state index in [0.717, 1.165) is 53.5 Å². The van der Waals surface area contributed by atoms with Crippen LogP contribution in [0.5, 0.6) is 5.75 Å². The summed E-state index contributed by atoms with van der Waals surface area (Å²) >= 11 is 0. The standard InChI is InChI=1S/C30H36N4O6S/c1-21-15-17-32(18-16-21)25-8-6-24(7-9-25)23(3)31-30(35)20-33(26-10-12-27(40-4)13-11-26)41(38,39)28-14-5-22(2)29(19-28)34(36)37/h5-14,19,21,23H,15-18,20H2,1-4H3,(H,31,35). The fourth-order valence-corrected chi connectivity index (χ4v) is 6.32. The molecule has 1 amide bonds. The van der Waals surface area contributed by atoms with Crippen molar-refractivity contribution in [1.82, 2.24) is 5.32 Å². The van der Waals surface area contributed by atoms with Gasteiger partial charge in [-0.05, 0) is 80.6 Å². The van der Waals surface area contributed by atoms with Crippen molar-refractivity contribution in [3.05, 3.63) is 88.0 Å². The highest BCUT2D eigenvalue weighted by Crippen LogP contribution is 2.29. The number of nitrogens with zero attached hydrogens (tertiary/aromatic N) is 3. The Hall–Kier alpha value is -4.12. The number of piperidine rings is 1. The average molecular weight is 581 g/mol. The SMILES string of the molecule is COc1ccc(N(CC(=O)NC(C)c2ccc(N3CCC(C)CC3)cc2)S(=O)(=O)c2ccc(C)c([N+](=O)[O-])c2)cc1. The second-order valence-electron chi connectivity index (χ2n) is 10.5. The summed E-state index contributed by atoms with van der Waals surface area (Å²) in [5.41, 5.74) is 2.26. The molecule has 1 heterocycles. The lowest BCUT2D eigenvalue weighted by Gasteiger charge is -2.32. The minimum absolute atomic E-state index is 0.219. The number of nitro groups is 1. The number of rotatable bonds is 10. The molecule has 0 bridgehead atoms. The molecule has 11 heteroatoms. The predicted molar refractivity (Wildman–Crippen MR) is 159 cm³/mol. The Morgan fingerprint density at radius 3 is 2.32 bits per heavy atom. The number of anilines is 2. The van der Waals surface area contributed by atoms with Gasteiger partial charge < -0.3 is 15.0 Å². The van der Waals surface area contributed by atoms with Gasteiger partial charge in [0.05, 0.1) is 28.7 Å².